The number of amides is 2. The number of primary amides is 1. The van der Waals surface area contributed by atoms with Gasteiger partial charge in [0.05, 0.1) is 40.1 Å². The predicted octanol–water partition coefficient (Wildman–Crippen LogP) is 1.55. The first-order chi connectivity index (χ1) is 16.7. The minimum atomic E-state index is -4.33. The van der Waals surface area contributed by atoms with Gasteiger partial charge in [-0.3, -0.25) is 14.1 Å². The number of hydrogen-bond acceptors (Lipinski definition) is 5. The Balaban J connectivity index is 3.05. The molecule has 10 nitrogen and oxygen atoms in total. The maximum absolute atomic E-state index is 13.3. The average molecular weight is 545 g/mol. The molecule has 0 spiro atoms. The summed E-state index contributed by atoms with van der Waals surface area (Å²) in [6, 6.07) is 5.84. The van der Waals surface area contributed by atoms with Crippen LogP contribution in [0.1, 0.15) is 51.5 Å². The zero-order valence-electron chi connectivity index (χ0n) is 23.7. The normalized spacial score (nSPS) is 15.6. The van der Waals surface area contributed by atoms with Gasteiger partial charge in [0.15, 0.2) is 12.8 Å². The third-order valence-electron chi connectivity index (χ3n) is 6.62. The van der Waals surface area contributed by atoms with E-state index in [0.717, 1.165) is 5.56 Å². The minimum absolute atomic E-state index is 0.161. The van der Waals surface area contributed by atoms with Gasteiger partial charge in [0.2, 0.25) is 11.8 Å². The van der Waals surface area contributed by atoms with Crippen LogP contribution in [0.3, 0.4) is 0 Å². The number of likely N-dealkylation sites (N-methyl/N-ethyl adjacent to an activating group) is 2. The van der Waals surface area contributed by atoms with Crippen LogP contribution >= 0.6 is 0 Å². The molecule has 0 radical (unpaired) electrons. The second kappa shape index (κ2) is 12.7. The van der Waals surface area contributed by atoms with Crippen molar-refractivity contribution in [2.24, 2.45) is 17.1 Å². The number of rotatable bonds is 15. The highest BCUT2D eigenvalue weighted by atomic mass is 32.2. The third-order valence-corrected chi connectivity index (χ3v) is 7.48. The molecule has 1 aromatic rings. The van der Waals surface area contributed by atoms with E-state index in [9.17, 15) is 27.7 Å². The van der Waals surface area contributed by atoms with Crippen LogP contribution in [0.5, 0.6) is 0 Å². The van der Waals surface area contributed by atoms with Crippen molar-refractivity contribution in [3.63, 3.8) is 0 Å². The van der Waals surface area contributed by atoms with Crippen LogP contribution in [-0.4, -0.2) is 100.0 Å². The van der Waals surface area contributed by atoms with Crippen molar-refractivity contribution in [3.8, 4) is 0 Å². The molecule has 0 aliphatic heterocycles. The fraction of sp³-hybridized carbons (Fsp3) is 0.692. The fourth-order valence-corrected chi connectivity index (χ4v) is 5.12. The van der Waals surface area contributed by atoms with E-state index in [2.05, 4.69) is 5.32 Å². The molecule has 2 amide bonds. The molecule has 0 saturated heterocycles. The molecular weight excluding hydrogens is 496 g/mol. The Morgan fingerprint density at radius 2 is 1.59 bits per heavy atom. The number of nitrogens with zero attached hydrogens (tertiary/aromatic N) is 2. The van der Waals surface area contributed by atoms with Crippen LogP contribution < -0.4 is 11.1 Å². The molecule has 37 heavy (non-hydrogen) atoms. The van der Waals surface area contributed by atoms with Gasteiger partial charge in [0, 0.05) is 11.3 Å². The number of nitrogens with one attached hydrogen (secondary N) is 1. The molecule has 212 valence electrons. The third kappa shape index (κ3) is 11.5. The topological polar surface area (TPSA) is 147 Å². The summed E-state index contributed by atoms with van der Waals surface area (Å²) in [6.07, 6.45) is 0.829. The van der Waals surface area contributed by atoms with Gasteiger partial charge in [-0.15, -0.1) is 0 Å². The van der Waals surface area contributed by atoms with E-state index in [4.69, 9.17) is 5.73 Å². The number of nitrogens with two attached hydrogens (primary N) is 1. The summed E-state index contributed by atoms with van der Waals surface area (Å²) in [6.45, 7) is 6.95. The van der Waals surface area contributed by atoms with E-state index in [-0.39, 0.29) is 16.7 Å². The molecule has 1 aromatic carbocycles. The molecule has 0 aromatic heterocycles. The molecule has 3 atom stereocenters. The van der Waals surface area contributed by atoms with Gasteiger partial charge in [-0.1, -0.05) is 32.9 Å². The lowest BCUT2D eigenvalue weighted by molar-refractivity contribution is -0.908. The molecule has 11 heteroatoms. The van der Waals surface area contributed by atoms with Crippen LogP contribution in [0, 0.1) is 11.3 Å². The molecule has 0 aliphatic carbocycles. The molecule has 0 bridgehead atoms. The van der Waals surface area contributed by atoms with E-state index in [1.54, 1.807) is 12.1 Å². The first-order valence-electron chi connectivity index (χ1n) is 12.6. The Hall–Kier alpha value is -2.05. The first-order valence-corrected chi connectivity index (χ1v) is 14.1. The van der Waals surface area contributed by atoms with E-state index in [0.29, 0.717) is 48.0 Å². The van der Waals surface area contributed by atoms with Gasteiger partial charge in [-0.2, -0.15) is 8.42 Å². The van der Waals surface area contributed by atoms with E-state index in [1.165, 1.54) is 12.1 Å². The zero-order valence-corrected chi connectivity index (χ0v) is 24.5. The number of quaternary nitrogens is 2. The number of carbonyl (C=O) groups is 2. The maximum Gasteiger partial charge on any atom is 0.294 e. The van der Waals surface area contributed by atoms with Crippen LogP contribution in [-0.2, 0) is 19.7 Å². The van der Waals surface area contributed by atoms with Crippen LogP contribution in [0.25, 0.3) is 0 Å². The van der Waals surface area contributed by atoms with Crippen molar-refractivity contribution in [1.29, 1.82) is 0 Å². The number of hydrogen-bond donors (Lipinski definition) is 4. The van der Waals surface area contributed by atoms with Gasteiger partial charge in [-0.25, -0.2) is 0 Å². The Labute approximate surface area is 222 Å². The van der Waals surface area contributed by atoms with E-state index in [1.807, 2.05) is 56.0 Å². The number of carbonyl (C=O) groups excluding carboxylic acids is 2. The quantitative estimate of drug-likeness (QED) is 0.150. The van der Waals surface area contributed by atoms with Crippen LogP contribution in [0.4, 0.5) is 0 Å². The highest BCUT2D eigenvalue weighted by Gasteiger charge is 2.35. The van der Waals surface area contributed by atoms with Crippen LogP contribution in [0.2, 0.25) is 0 Å². The summed E-state index contributed by atoms with van der Waals surface area (Å²) in [5.41, 5.74) is 5.54. The summed E-state index contributed by atoms with van der Waals surface area (Å²) >= 11 is 0. The van der Waals surface area contributed by atoms with Gasteiger partial charge >= 0.3 is 0 Å². The molecule has 1 rings (SSSR count). The molecule has 3 unspecified atom stereocenters. The van der Waals surface area contributed by atoms with Crippen LogP contribution in [0.15, 0.2) is 29.2 Å². The summed E-state index contributed by atoms with van der Waals surface area (Å²) < 4.78 is 33.3. The molecule has 0 fully saturated rings. The van der Waals surface area contributed by atoms with Gasteiger partial charge < -0.3 is 25.1 Å². The van der Waals surface area contributed by atoms with Crippen molar-refractivity contribution in [2.75, 3.05) is 55.0 Å². The largest absolute Gasteiger partial charge is 0.382 e. The lowest BCUT2D eigenvalue weighted by Gasteiger charge is -2.36. The Morgan fingerprint density at radius 3 is 2.03 bits per heavy atom. The van der Waals surface area contributed by atoms with Crippen molar-refractivity contribution < 1.29 is 36.6 Å². The smallest absolute Gasteiger partial charge is 0.294 e. The second-order valence-electron chi connectivity index (χ2n) is 12.5. The highest BCUT2D eigenvalue weighted by Crippen LogP contribution is 2.37. The molecular formula is C26H48N4O6S+2. The Bertz CT molecular complexity index is 1020. The van der Waals surface area contributed by atoms with Gasteiger partial charge in [0.1, 0.15) is 13.1 Å². The van der Waals surface area contributed by atoms with Crippen molar-refractivity contribution in [3.05, 3.63) is 29.8 Å². The fourth-order valence-electron chi connectivity index (χ4n) is 4.64. The number of aliphatic hydroxyl groups excluding tert-OH is 1. The average Bonchev–Trinajstić information content (AvgIpc) is 2.72. The Morgan fingerprint density at radius 1 is 1.05 bits per heavy atom. The lowest BCUT2D eigenvalue weighted by Crippen LogP contribution is -2.56. The molecule has 0 heterocycles. The SMILES string of the molecule is CCC(CC(CC(C)(C)C(=O)NC[N+](C)(C)CC(O)C[N+](C)(C)C)c1ccc(S(=O)(=O)O)cc1)C(N)=O. The summed E-state index contributed by atoms with van der Waals surface area (Å²) in [5, 5.41) is 13.5. The first kappa shape index (κ1) is 33.0. The number of benzene rings is 1. The Kier molecular flexibility index (Phi) is 11.3. The number of aliphatic hydroxyl groups is 1. The van der Waals surface area contributed by atoms with Crippen molar-refractivity contribution in [1.82, 2.24) is 5.32 Å². The summed E-state index contributed by atoms with van der Waals surface area (Å²) in [5.74, 6) is -1.23. The maximum atomic E-state index is 13.3. The zero-order chi connectivity index (χ0) is 28.8. The van der Waals surface area contributed by atoms with Gasteiger partial charge in [0.25, 0.3) is 10.1 Å². The lowest BCUT2D eigenvalue weighted by atomic mass is 9.75. The van der Waals surface area contributed by atoms with E-state index >= 15 is 0 Å². The monoisotopic (exact) mass is 544 g/mol. The molecule has 5 N–H and O–H groups in total. The minimum Gasteiger partial charge on any atom is -0.382 e. The highest BCUT2D eigenvalue weighted by molar-refractivity contribution is 7.85. The van der Waals surface area contributed by atoms with Gasteiger partial charge in [-0.05, 0) is 42.9 Å². The predicted molar refractivity (Wildman–Crippen MR) is 144 cm³/mol. The standard InChI is InChI=1S/C26H46N4O6S/c1-9-19(24(27)32)14-21(20-10-12-23(13-11-20)37(34,35)36)15-26(2,3)25(33)28-18-30(7,8)17-22(31)16-29(4,5)6/h10-13,19,21-22,31H,9,14-18H2,1-8H3,(H2-2,27,28,32,33,34,35,36)/p+2. The second-order valence-corrected chi connectivity index (χ2v) is 13.9. The van der Waals surface area contributed by atoms with E-state index < -0.39 is 33.5 Å². The van der Waals surface area contributed by atoms with Crippen molar-refractivity contribution >= 4 is 21.9 Å². The summed E-state index contributed by atoms with van der Waals surface area (Å²) in [4.78, 5) is 25.0. The van der Waals surface area contributed by atoms with Crippen molar-refractivity contribution in [2.45, 2.75) is 57.0 Å². The summed E-state index contributed by atoms with van der Waals surface area (Å²) in [7, 11) is 5.61. The molecule has 0 aliphatic rings. The molecule has 0 saturated carbocycles.